The van der Waals surface area contributed by atoms with Gasteiger partial charge in [-0.05, 0) is 126 Å². The van der Waals surface area contributed by atoms with Crippen LogP contribution in [-0.2, 0) is 0 Å². The van der Waals surface area contributed by atoms with E-state index in [4.69, 9.17) is 0 Å². The maximum absolute atomic E-state index is 3.42. The lowest BCUT2D eigenvalue weighted by molar-refractivity contribution is 0.241. The monoisotopic (exact) mass is 485 g/mol. The summed E-state index contributed by atoms with van der Waals surface area (Å²) >= 11 is 0. The van der Waals surface area contributed by atoms with Crippen LogP contribution in [0, 0.1) is 5.92 Å². The van der Waals surface area contributed by atoms with Crippen molar-refractivity contribution in [2.45, 2.75) is 78.3 Å². The molecule has 4 fully saturated rings. The Labute approximate surface area is 215 Å². The van der Waals surface area contributed by atoms with E-state index in [0.717, 1.165) is 18.0 Å². The fourth-order valence-corrected chi connectivity index (χ4v) is 5.06. The number of likely N-dealkylation sites (N-methyl/N-ethyl adjacent to an activating group) is 4. The van der Waals surface area contributed by atoms with Crippen LogP contribution in [0.1, 0.15) is 66.2 Å². The highest BCUT2D eigenvalue weighted by molar-refractivity contribution is 4.79. The number of hydrogen-bond donors (Lipinski definition) is 1. The molecule has 0 aliphatic carbocycles. The van der Waals surface area contributed by atoms with Crippen molar-refractivity contribution in [3.8, 4) is 0 Å². The zero-order chi connectivity index (χ0) is 25.9. The molecule has 1 N–H and O–H groups in total. The van der Waals surface area contributed by atoms with Crippen LogP contribution >= 0.6 is 0 Å². The van der Waals surface area contributed by atoms with Crippen molar-refractivity contribution in [3.63, 3.8) is 0 Å². The van der Waals surface area contributed by atoms with Crippen molar-refractivity contribution in [2.75, 3.05) is 101 Å². The molecule has 0 saturated carbocycles. The second kappa shape index (κ2) is 20.9. The van der Waals surface area contributed by atoms with Crippen LogP contribution in [0.3, 0.4) is 0 Å². The van der Waals surface area contributed by atoms with E-state index in [1.165, 1.54) is 97.4 Å². The predicted octanol–water partition coefficient (Wildman–Crippen LogP) is 3.64. The Hall–Kier alpha value is -0.240. The van der Waals surface area contributed by atoms with Gasteiger partial charge in [0, 0.05) is 31.7 Å². The van der Waals surface area contributed by atoms with Crippen LogP contribution < -0.4 is 5.32 Å². The third-order valence-electron chi connectivity index (χ3n) is 7.37. The van der Waals surface area contributed by atoms with E-state index >= 15 is 0 Å². The number of hydrogen-bond acceptors (Lipinski definition) is 6. The van der Waals surface area contributed by atoms with E-state index in [-0.39, 0.29) is 0 Å². The third kappa shape index (κ3) is 15.0. The maximum atomic E-state index is 3.42. The molecule has 0 aromatic carbocycles. The van der Waals surface area contributed by atoms with Crippen LogP contribution in [0.25, 0.3) is 0 Å². The zero-order valence-corrected chi connectivity index (χ0v) is 25.1. The van der Waals surface area contributed by atoms with Gasteiger partial charge < -0.3 is 29.8 Å². The molecule has 34 heavy (non-hydrogen) atoms. The van der Waals surface area contributed by atoms with E-state index in [0.29, 0.717) is 0 Å². The molecule has 2 atom stereocenters. The first-order valence-corrected chi connectivity index (χ1v) is 14.5. The average molecular weight is 485 g/mol. The first-order chi connectivity index (χ1) is 16.3. The Morgan fingerprint density at radius 1 is 0.647 bits per heavy atom. The Kier molecular flexibility index (Phi) is 20.8. The number of piperidine rings is 1. The summed E-state index contributed by atoms with van der Waals surface area (Å²) in [6.07, 6.45) is 8.34. The van der Waals surface area contributed by atoms with Crippen molar-refractivity contribution < 1.29 is 0 Å². The summed E-state index contributed by atoms with van der Waals surface area (Å²) in [5.74, 6) is 0.990. The van der Waals surface area contributed by atoms with Crippen molar-refractivity contribution in [1.82, 2.24) is 29.8 Å². The van der Waals surface area contributed by atoms with Gasteiger partial charge in [-0.15, -0.1) is 0 Å². The van der Waals surface area contributed by atoms with E-state index < -0.39 is 0 Å². The molecule has 0 radical (unpaired) electrons. The van der Waals surface area contributed by atoms with Crippen molar-refractivity contribution in [3.05, 3.63) is 0 Å². The Balaban J connectivity index is 0.000000453. The minimum Gasteiger partial charge on any atom is -0.317 e. The third-order valence-corrected chi connectivity index (χ3v) is 7.37. The van der Waals surface area contributed by atoms with Crippen LogP contribution in [0.5, 0.6) is 0 Å². The van der Waals surface area contributed by atoms with Crippen LogP contribution in [0.4, 0.5) is 0 Å². The standard InChI is InChI=1S/C10H20N2.2C7H16N2.2C2H6/c1-2-8-12(7-1)9-10-3-5-11-6-4-10;2*1-8(2)7-4-5-9(3)6-7;2*1-2/h10-11H,1-9H2;2*7H,4-6H2,1-3H3;2*1-2H3/t;2*7-;;/m.10../s1. The van der Waals surface area contributed by atoms with E-state index in [2.05, 4.69) is 72.1 Å². The van der Waals surface area contributed by atoms with Gasteiger partial charge >= 0.3 is 0 Å². The Morgan fingerprint density at radius 3 is 1.35 bits per heavy atom. The Morgan fingerprint density at radius 2 is 1.06 bits per heavy atom. The van der Waals surface area contributed by atoms with Gasteiger partial charge in [0.25, 0.3) is 0 Å². The summed E-state index contributed by atoms with van der Waals surface area (Å²) in [6, 6.07) is 1.60. The van der Waals surface area contributed by atoms with Crippen molar-refractivity contribution >= 4 is 0 Å². The quantitative estimate of drug-likeness (QED) is 0.655. The molecular weight excluding hydrogens is 420 g/mol. The first kappa shape index (κ1) is 33.8. The number of likely N-dealkylation sites (tertiary alicyclic amines) is 3. The summed E-state index contributed by atoms with van der Waals surface area (Å²) in [5.41, 5.74) is 0. The number of nitrogens with zero attached hydrogens (tertiary/aromatic N) is 5. The van der Waals surface area contributed by atoms with Crippen LogP contribution in [0.2, 0.25) is 0 Å². The lowest BCUT2D eigenvalue weighted by Crippen LogP contribution is -2.34. The average Bonchev–Trinajstić information content (AvgIpc) is 3.61. The van der Waals surface area contributed by atoms with Crippen molar-refractivity contribution in [1.29, 1.82) is 0 Å². The molecule has 0 spiro atoms. The smallest absolute Gasteiger partial charge is 0.0229 e. The molecule has 4 aliphatic heterocycles. The van der Waals surface area contributed by atoms with Gasteiger partial charge in [-0.3, -0.25) is 0 Å². The highest BCUT2D eigenvalue weighted by Gasteiger charge is 2.21. The lowest BCUT2D eigenvalue weighted by Gasteiger charge is -2.26. The molecule has 0 bridgehead atoms. The maximum Gasteiger partial charge on any atom is 0.0229 e. The second-order valence-electron chi connectivity index (χ2n) is 10.5. The molecule has 4 saturated heterocycles. The molecule has 0 aromatic heterocycles. The van der Waals surface area contributed by atoms with Gasteiger partial charge in [-0.2, -0.15) is 0 Å². The summed E-state index contributed by atoms with van der Waals surface area (Å²) < 4.78 is 0. The topological polar surface area (TPSA) is 28.2 Å². The van der Waals surface area contributed by atoms with E-state index in [1.54, 1.807) is 0 Å². The van der Waals surface area contributed by atoms with Gasteiger partial charge in [-0.25, -0.2) is 0 Å². The van der Waals surface area contributed by atoms with Crippen LogP contribution in [-0.4, -0.2) is 138 Å². The first-order valence-electron chi connectivity index (χ1n) is 14.5. The van der Waals surface area contributed by atoms with Gasteiger partial charge in [0.2, 0.25) is 0 Å². The van der Waals surface area contributed by atoms with E-state index in [9.17, 15) is 0 Å². The summed E-state index contributed by atoms with van der Waals surface area (Å²) in [7, 11) is 13.0. The normalized spacial score (nSPS) is 26.1. The second-order valence-corrected chi connectivity index (χ2v) is 10.5. The van der Waals surface area contributed by atoms with E-state index in [1.807, 2.05) is 27.7 Å². The Bertz CT molecular complexity index is 409. The number of nitrogens with one attached hydrogen (secondary N) is 1. The molecule has 6 heteroatoms. The SMILES string of the molecule is C1CCN(CC2CCNCC2)C1.CC.CC.CN1CC[C@@H](N(C)C)C1.CN1CC[C@H](N(C)C)C1. The van der Waals surface area contributed by atoms with Gasteiger partial charge in [-0.1, -0.05) is 27.7 Å². The minimum absolute atomic E-state index is 0.801. The summed E-state index contributed by atoms with van der Waals surface area (Å²) in [5, 5.41) is 3.42. The fourth-order valence-electron chi connectivity index (χ4n) is 5.06. The highest BCUT2D eigenvalue weighted by Crippen LogP contribution is 2.16. The minimum atomic E-state index is 0.801. The summed E-state index contributed by atoms with van der Waals surface area (Å²) in [6.45, 7) is 19.6. The molecule has 0 aromatic rings. The summed E-state index contributed by atoms with van der Waals surface area (Å²) in [4.78, 5) is 12.0. The van der Waals surface area contributed by atoms with Gasteiger partial charge in [0.1, 0.15) is 0 Å². The molecule has 6 nitrogen and oxygen atoms in total. The fraction of sp³-hybridized carbons (Fsp3) is 1.00. The predicted molar refractivity (Wildman–Crippen MR) is 153 cm³/mol. The largest absolute Gasteiger partial charge is 0.317 e. The molecule has 206 valence electrons. The number of rotatable bonds is 4. The molecule has 4 aliphatic rings. The van der Waals surface area contributed by atoms with Gasteiger partial charge in [0.05, 0.1) is 0 Å². The zero-order valence-electron chi connectivity index (χ0n) is 25.1. The van der Waals surface area contributed by atoms with Crippen molar-refractivity contribution in [2.24, 2.45) is 5.92 Å². The molecule has 4 rings (SSSR count). The molecule has 4 heterocycles. The molecular formula is C28H64N6. The van der Waals surface area contributed by atoms with Gasteiger partial charge in [0.15, 0.2) is 0 Å². The molecule has 0 amide bonds. The molecule has 0 unspecified atom stereocenters. The lowest BCUT2D eigenvalue weighted by atomic mass is 9.98. The highest BCUT2D eigenvalue weighted by atomic mass is 15.2. The van der Waals surface area contributed by atoms with Crippen LogP contribution in [0.15, 0.2) is 0 Å².